The highest BCUT2D eigenvalue weighted by atomic mass is 79.9. The van der Waals surface area contributed by atoms with Crippen molar-refractivity contribution in [3.63, 3.8) is 0 Å². The number of carbonyl (C=O) groups is 1. The Morgan fingerprint density at radius 1 is 1.47 bits per heavy atom. The summed E-state index contributed by atoms with van der Waals surface area (Å²) < 4.78 is 2.30. The molecule has 1 amide bonds. The number of nitrogens with one attached hydrogen (secondary N) is 1. The van der Waals surface area contributed by atoms with Gasteiger partial charge in [0.15, 0.2) is 0 Å². The lowest BCUT2D eigenvalue weighted by molar-refractivity contribution is 0.0951. The van der Waals surface area contributed by atoms with Crippen molar-refractivity contribution in [2.45, 2.75) is 6.54 Å². The van der Waals surface area contributed by atoms with Crippen LogP contribution in [-0.4, -0.2) is 32.4 Å². The molecule has 0 radical (unpaired) electrons. The average molecular weight is 296 g/mol. The molecule has 0 aliphatic heterocycles. The number of halogens is 1. The van der Waals surface area contributed by atoms with Crippen LogP contribution in [-0.2, 0) is 6.54 Å². The first-order valence-corrected chi connectivity index (χ1v) is 5.79. The van der Waals surface area contributed by atoms with Crippen LogP contribution in [0.25, 0.3) is 0 Å². The predicted octanol–water partition coefficient (Wildman–Crippen LogP) is 0.866. The van der Waals surface area contributed by atoms with Crippen LogP contribution in [0, 0.1) is 0 Å². The number of amides is 1. The van der Waals surface area contributed by atoms with Gasteiger partial charge in [-0.25, -0.2) is 4.98 Å². The lowest BCUT2D eigenvalue weighted by atomic mass is 10.2. The van der Waals surface area contributed by atoms with E-state index in [1.54, 1.807) is 35.4 Å². The van der Waals surface area contributed by atoms with Crippen LogP contribution >= 0.6 is 15.9 Å². The largest absolute Gasteiger partial charge is 0.350 e. The normalized spacial score (nSPS) is 10.2. The molecule has 0 spiro atoms. The first-order chi connectivity index (χ1) is 8.25. The summed E-state index contributed by atoms with van der Waals surface area (Å²) in [5, 5.41) is 10.3. The molecule has 0 bridgehead atoms. The molecule has 0 aliphatic carbocycles. The summed E-state index contributed by atoms with van der Waals surface area (Å²) in [6, 6.07) is 3.33. The van der Waals surface area contributed by atoms with Crippen LogP contribution in [0.3, 0.4) is 0 Å². The van der Waals surface area contributed by atoms with Crippen LogP contribution < -0.4 is 5.32 Å². The standard InChI is InChI=1S/C10H10BrN5O/c11-9-7-8(1-2-12-9)10(17)13-3-5-16-6-4-14-15-16/h1-2,4,6-7H,3,5H2,(H,13,17). The minimum atomic E-state index is -0.131. The number of nitrogens with zero attached hydrogens (tertiary/aromatic N) is 4. The fourth-order valence-corrected chi connectivity index (χ4v) is 1.65. The molecule has 7 heteroatoms. The molecule has 0 unspecified atom stereocenters. The molecular formula is C10H10BrN5O. The van der Waals surface area contributed by atoms with Crippen LogP contribution in [0.4, 0.5) is 0 Å². The Morgan fingerprint density at radius 2 is 2.35 bits per heavy atom. The zero-order valence-electron chi connectivity index (χ0n) is 8.88. The number of carbonyl (C=O) groups excluding carboxylic acids is 1. The van der Waals surface area contributed by atoms with E-state index in [4.69, 9.17) is 0 Å². The summed E-state index contributed by atoms with van der Waals surface area (Å²) in [5.41, 5.74) is 0.575. The Bertz CT molecular complexity index is 499. The van der Waals surface area contributed by atoms with E-state index in [0.717, 1.165) is 0 Å². The van der Waals surface area contributed by atoms with Crippen LogP contribution in [0.1, 0.15) is 10.4 Å². The zero-order valence-corrected chi connectivity index (χ0v) is 10.5. The first kappa shape index (κ1) is 11.7. The maximum atomic E-state index is 11.7. The number of hydrogen-bond donors (Lipinski definition) is 1. The van der Waals surface area contributed by atoms with Crippen molar-refractivity contribution in [3.8, 4) is 0 Å². The van der Waals surface area contributed by atoms with Crippen molar-refractivity contribution < 1.29 is 4.79 Å². The molecule has 0 aliphatic rings. The van der Waals surface area contributed by atoms with Crippen molar-refractivity contribution in [1.82, 2.24) is 25.3 Å². The summed E-state index contributed by atoms with van der Waals surface area (Å²) in [5.74, 6) is -0.131. The van der Waals surface area contributed by atoms with Crippen molar-refractivity contribution in [3.05, 3.63) is 40.9 Å². The Kier molecular flexibility index (Phi) is 3.81. The fourth-order valence-electron chi connectivity index (χ4n) is 1.28. The Morgan fingerprint density at radius 3 is 3.06 bits per heavy atom. The predicted molar refractivity (Wildman–Crippen MR) is 64.3 cm³/mol. The highest BCUT2D eigenvalue weighted by molar-refractivity contribution is 9.10. The number of aromatic nitrogens is 4. The van der Waals surface area contributed by atoms with E-state index in [1.807, 2.05) is 0 Å². The lowest BCUT2D eigenvalue weighted by Crippen LogP contribution is -2.27. The second-order valence-corrected chi connectivity index (χ2v) is 4.10. The van der Waals surface area contributed by atoms with Gasteiger partial charge in [-0.3, -0.25) is 9.48 Å². The molecule has 2 aromatic rings. The van der Waals surface area contributed by atoms with Crippen LogP contribution in [0.2, 0.25) is 0 Å². The maximum absolute atomic E-state index is 11.7. The molecule has 6 nitrogen and oxygen atoms in total. The molecule has 0 saturated heterocycles. The molecule has 0 fully saturated rings. The highest BCUT2D eigenvalue weighted by Crippen LogP contribution is 2.07. The van der Waals surface area contributed by atoms with Crippen LogP contribution in [0.5, 0.6) is 0 Å². The van der Waals surface area contributed by atoms with Gasteiger partial charge in [-0.2, -0.15) is 0 Å². The van der Waals surface area contributed by atoms with Gasteiger partial charge in [0.05, 0.1) is 12.7 Å². The topological polar surface area (TPSA) is 72.7 Å². The quantitative estimate of drug-likeness (QED) is 0.850. The monoisotopic (exact) mass is 295 g/mol. The van der Waals surface area contributed by atoms with Crippen molar-refractivity contribution >= 4 is 21.8 Å². The van der Waals surface area contributed by atoms with E-state index in [2.05, 4.69) is 36.5 Å². The molecule has 1 N–H and O–H groups in total. The molecule has 0 atom stereocenters. The van der Waals surface area contributed by atoms with E-state index in [9.17, 15) is 4.79 Å². The van der Waals surface area contributed by atoms with Gasteiger partial charge in [-0.05, 0) is 28.1 Å². The number of pyridine rings is 1. The molecule has 0 saturated carbocycles. The van der Waals surface area contributed by atoms with Crippen molar-refractivity contribution in [1.29, 1.82) is 0 Å². The van der Waals surface area contributed by atoms with Gasteiger partial charge >= 0.3 is 0 Å². The van der Waals surface area contributed by atoms with Gasteiger partial charge in [0.25, 0.3) is 5.91 Å². The average Bonchev–Trinajstić information content (AvgIpc) is 2.82. The third-order valence-electron chi connectivity index (χ3n) is 2.09. The SMILES string of the molecule is O=C(NCCn1ccnn1)c1ccnc(Br)c1. The van der Waals surface area contributed by atoms with Gasteiger partial charge in [0.2, 0.25) is 0 Å². The fraction of sp³-hybridized carbons (Fsp3) is 0.200. The molecule has 17 heavy (non-hydrogen) atoms. The molecule has 2 heterocycles. The molecule has 2 aromatic heterocycles. The van der Waals surface area contributed by atoms with E-state index < -0.39 is 0 Å². The Labute approximate surface area is 106 Å². The summed E-state index contributed by atoms with van der Waals surface area (Å²) >= 11 is 3.22. The highest BCUT2D eigenvalue weighted by Gasteiger charge is 2.05. The van der Waals surface area contributed by atoms with Crippen molar-refractivity contribution in [2.24, 2.45) is 0 Å². The summed E-state index contributed by atoms with van der Waals surface area (Å²) in [7, 11) is 0. The van der Waals surface area contributed by atoms with Gasteiger partial charge < -0.3 is 5.32 Å². The molecule has 0 aromatic carbocycles. The molecule has 88 valence electrons. The Balaban J connectivity index is 1.85. The van der Waals surface area contributed by atoms with E-state index in [0.29, 0.717) is 23.3 Å². The second-order valence-electron chi connectivity index (χ2n) is 3.29. The van der Waals surface area contributed by atoms with Gasteiger partial charge in [-0.1, -0.05) is 5.21 Å². The van der Waals surface area contributed by atoms with E-state index in [-0.39, 0.29) is 5.91 Å². The second kappa shape index (κ2) is 5.53. The minimum Gasteiger partial charge on any atom is -0.350 e. The van der Waals surface area contributed by atoms with Gasteiger partial charge in [0, 0.05) is 24.5 Å². The minimum absolute atomic E-state index is 0.131. The number of rotatable bonds is 4. The van der Waals surface area contributed by atoms with Crippen molar-refractivity contribution in [2.75, 3.05) is 6.54 Å². The zero-order chi connectivity index (χ0) is 12.1. The Hall–Kier alpha value is -1.76. The van der Waals surface area contributed by atoms with E-state index >= 15 is 0 Å². The van der Waals surface area contributed by atoms with Crippen LogP contribution in [0.15, 0.2) is 35.3 Å². The van der Waals surface area contributed by atoms with E-state index in [1.165, 1.54) is 0 Å². The number of hydrogen-bond acceptors (Lipinski definition) is 4. The van der Waals surface area contributed by atoms with Gasteiger partial charge in [0.1, 0.15) is 4.60 Å². The first-order valence-electron chi connectivity index (χ1n) is 4.99. The molecule has 2 rings (SSSR count). The third kappa shape index (κ3) is 3.35. The lowest BCUT2D eigenvalue weighted by Gasteiger charge is -2.04. The summed E-state index contributed by atoms with van der Waals surface area (Å²) in [6.07, 6.45) is 4.92. The maximum Gasteiger partial charge on any atom is 0.251 e. The third-order valence-corrected chi connectivity index (χ3v) is 2.52. The summed E-state index contributed by atoms with van der Waals surface area (Å²) in [6.45, 7) is 1.10. The summed E-state index contributed by atoms with van der Waals surface area (Å²) in [4.78, 5) is 15.7. The van der Waals surface area contributed by atoms with Gasteiger partial charge in [-0.15, -0.1) is 5.10 Å². The molecular weight excluding hydrogens is 286 g/mol. The smallest absolute Gasteiger partial charge is 0.251 e.